The second-order valence-electron chi connectivity index (χ2n) is 12.5. The third kappa shape index (κ3) is 10.8. The molecular weight excluding hydrogens is 658 g/mol. The molecule has 3 aromatic rings. The van der Waals surface area contributed by atoms with Crippen LogP contribution in [0.2, 0.25) is 10.0 Å². The van der Waals surface area contributed by atoms with Gasteiger partial charge in [0, 0.05) is 43.5 Å². The lowest BCUT2D eigenvalue weighted by Gasteiger charge is -2.36. The summed E-state index contributed by atoms with van der Waals surface area (Å²) in [5, 5.41) is 16.6. The Hall–Kier alpha value is -3.41. The van der Waals surface area contributed by atoms with Crippen LogP contribution in [0.25, 0.3) is 0 Å². The number of aliphatic hydroxyl groups is 1. The van der Waals surface area contributed by atoms with Gasteiger partial charge in [-0.05, 0) is 100 Å². The lowest BCUT2D eigenvalue weighted by molar-refractivity contribution is -0.0177. The quantitative estimate of drug-likeness (QED) is 0.222. The fourth-order valence-corrected chi connectivity index (χ4v) is 5.93. The Morgan fingerprint density at radius 1 is 1.04 bits per heavy atom. The van der Waals surface area contributed by atoms with Gasteiger partial charge in [-0.2, -0.15) is 0 Å². The number of urea groups is 1. The highest BCUT2D eigenvalue weighted by molar-refractivity contribution is 6.42. The highest BCUT2D eigenvalue weighted by Crippen LogP contribution is 2.29. The predicted molar refractivity (Wildman–Crippen MR) is 189 cm³/mol. The average molecular weight is 704 g/mol. The molecule has 4 atom stereocenters. The number of anilines is 2. The van der Waals surface area contributed by atoms with Crippen LogP contribution < -0.4 is 15.4 Å². The molecule has 4 rings (SSSR count). The summed E-state index contributed by atoms with van der Waals surface area (Å²) in [4.78, 5) is 30.9. The molecule has 0 fully saturated rings. The van der Waals surface area contributed by atoms with Crippen molar-refractivity contribution in [2.75, 3.05) is 44.0 Å². The van der Waals surface area contributed by atoms with Crippen molar-refractivity contribution in [2.45, 2.75) is 64.8 Å². The lowest BCUT2D eigenvalue weighted by atomic mass is 10.0. The van der Waals surface area contributed by atoms with E-state index in [-0.39, 0.29) is 36.2 Å². The van der Waals surface area contributed by atoms with Crippen molar-refractivity contribution < 1.29 is 28.6 Å². The second kappa shape index (κ2) is 17.8. The minimum Gasteiger partial charge on any atom is -0.490 e. The first-order valence-corrected chi connectivity index (χ1v) is 17.0. The molecule has 0 aliphatic carbocycles. The maximum absolute atomic E-state index is 14.3. The minimum absolute atomic E-state index is 0.103. The number of amides is 3. The molecular formula is C36H45Cl2FN4O5. The number of carbonyl (C=O) groups excluding carboxylic acids is 2. The van der Waals surface area contributed by atoms with Gasteiger partial charge in [-0.3, -0.25) is 9.69 Å². The molecule has 0 spiro atoms. The molecule has 9 nitrogen and oxygen atoms in total. The summed E-state index contributed by atoms with van der Waals surface area (Å²) in [6.07, 6.45) is 2.09. The Bertz CT molecular complexity index is 1530. The zero-order chi connectivity index (χ0) is 34.8. The van der Waals surface area contributed by atoms with E-state index in [9.17, 15) is 19.1 Å². The van der Waals surface area contributed by atoms with Crippen LogP contribution in [0, 0.1) is 11.7 Å². The van der Waals surface area contributed by atoms with Gasteiger partial charge in [-0.15, -0.1) is 0 Å². The number of likely N-dealkylation sites (N-methyl/N-ethyl adjacent to an activating group) is 1. The Morgan fingerprint density at radius 3 is 2.46 bits per heavy atom. The summed E-state index contributed by atoms with van der Waals surface area (Å²) in [6, 6.07) is 14.9. The highest BCUT2D eigenvalue weighted by Gasteiger charge is 2.30. The monoisotopic (exact) mass is 702 g/mol. The topological polar surface area (TPSA) is 103 Å². The standard InChI is InChI=1S/C36H45Cl2FN4O5/c1-23-19-43(24(2)22-44)35(45)30-18-29(41-36(46)40-28-11-9-27(39)10-12-28)13-15-33(30)48-25(3)7-5-6-16-47-34(23)21-42(4)20-26-8-14-31(37)32(38)17-26/h8-15,17-18,23-25,34,44H,5-7,16,19-22H2,1-4H3,(H2,40,41,46)/t23-,24+,25+,34+/m1/s1. The zero-order valence-corrected chi connectivity index (χ0v) is 29.4. The number of benzene rings is 3. The zero-order valence-electron chi connectivity index (χ0n) is 27.8. The van der Waals surface area contributed by atoms with Crippen LogP contribution in [0.15, 0.2) is 60.7 Å². The Balaban J connectivity index is 1.58. The van der Waals surface area contributed by atoms with E-state index < -0.39 is 17.9 Å². The molecule has 0 saturated carbocycles. The van der Waals surface area contributed by atoms with Gasteiger partial charge < -0.3 is 30.1 Å². The number of hydrogen-bond donors (Lipinski definition) is 3. The molecule has 12 heteroatoms. The number of hydrogen-bond acceptors (Lipinski definition) is 6. The molecule has 1 aliphatic heterocycles. The molecule has 3 amide bonds. The third-order valence-electron chi connectivity index (χ3n) is 8.34. The Morgan fingerprint density at radius 2 is 1.75 bits per heavy atom. The van der Waals surface area contributed by atoms with Crippen molar-refractivity contribution in [1.29, 1.82) is 0 Å². The first kappa shape index (κ1) is 37.4. The number of nitrogens with zero attached hydrogens (tertiary/aromatic N) is 2. The van der Waals surface area contributed by atoms with E-state index in [0.717, 1.165) is 24.8 Å². The van der Waals surface area contributed by atoms with Gasteiger partial charge >= 0.3 is 6.03 Å². The molecule has 0 saturated heterocycles. The van der Waals surface area contributed by atoms with Crippen molar-refractivity contribution in [3.8, 4) is 5.75 Å². The highest BCUT2D eigenvalue weighted by atomic mass is 35.5. The van der Waals surface area contributed by atoms with E-state index in [1.165, 1.54) is 24.3 Å². The van der Waals surface area contributed by atoms with Gasteiger partial charge in [0.25, 0.3) is 5.91 Å². The second-order valence-corrected chi connectivity index (χ2v) is 13.4. The van der Waals surface area contributed by atoms with E-state index in [4.69, 9.17) is 32.7 Å². The number of nitrogens with one attached hydrogen (secondary N) is 2. The lowest BCUT2D eigenvalue weighted by Crippen LogP contribution is -2.47. The number of aliphatic hydroxyl groups excluding tert-OH is 1. The molecule has 0 unspecified atom stereocenters. The molecule has 260 valence electrons. The van der Waals surface area contributed by atoms with E-state index in [2.05, 4.69) is 15.5 Å². The van der Waals surface area contributed by atoms with E-state index in [0.29, 0.717) is 53.4 Å². The normalized spacial score (nSPS) is 20.0. The van der Waals surface area contributed by atoms with Gasteiger partial charge in [-0.1, -0.05) is 36.2 Å². The molecule has 48 heavy (non-hydrogen) atoms. The van der Waals surface area contributed by atoms with Gasteiger partial charge in [0.1, 0.15) is 11.6 Å². The number of fused-ring (bicyclic) bond motifs is 1. The van der Waals surface area contributed by atoms with Crippen LogP contribution in [0.4, 0.5) is 20.6 Å². The first-order chi connectivity index (χ1) is 22.9. The largest absolute Gasteiger partial charge is 0.490 e. The summed E-state index contributed by atoms with van der Waals surface area (Å²) < 4.78 is 26.1. The fourth-order valence-electron chi connectivity index (χ4n) is 5.61. The van der Waals surface area contributed by atoms with Crippen LogP contribution >= 0.6 is 23.2 Å². The van der Waals surface area contributed by atoms with Crippen LogP contribution in [0.5, 0.6) is 5.75 Å². The van der Waals surface area contributed by atoms with Crippen LogP contribution in [-0.4, -0.2) is 78.4 Å². The molecule has 0 bridgehead atoms. The van der Waals surface area contributed by atoms with E-state index in [1.54, 1.807) is 36.1 Å². The summed E-state index contributed by atoms with van der Waals surface area (Å²) in [7, 11) is 2.01. The average Bonchev–Trinajstić information content (AvgIpc) is 3.05. The SMILES string of the molecule is C[C@@H]1CN([C@@H](C)CO)C(=O)c2cc(NC(=O)Nc3ccc(F)cc3)ccc2O[C@@H](C)CCCCO[C@H]1CN(C)Cc1ccc(Cl)c(Cl)c1. The van der Waals surface area contributed by atoms with Crippen molar-refractivity contribution >= 4 is 46.5 Å². The minimum atomic E-state index is -0.552. The smallest absolute Gasteiger partial charge is 0.323 e. The molecule has 3 aromatic carbocycles. The number of halogens is 3. The summed E-state index contributed by atoms with van der Waals surface area (Å²) >= 11 is 12.4. The molecule has 1 aliphatic rings. The van der Waals surface area contributed by atoms with Crippen molar-refractivity contribution in [3.63, 3.8) is 0 Å². The number of ether oxygens (including phenoxy) is 2. The summed E-state index contributed by atoms with van der Waals surface area (Å²) in [5.41, 5.74) is 2.07. The van der Waals surface area contributed by atoms with Gasteiger partial charge in [0.15, 0.2) is 0 Å². The fraction of sp³-hybridized carbons (Fsp3) is 0.444. The number of rotatable bonds is 8. The predicted octanol–water partition coefficient (Wildman–Crippen LogP) is 7.70. The van der Waals surface area contributed by atoms with E-state index in [1.807, 2.05) is 33.0 Å². The molecule has 0 radical (unpaired) electrons. The Kier molecular flexibility index (Phi) is 13.9. The van der Waals surface area contributed by atoms with Gasteiger partial charge in [0.05, 0.1) is 40.5 Å². The van der Waals surface area contributed by atoms with Crippen molar-refractivity contribution in [3.05, 3.63) is 87.7 Å². The Labute approximate surface area is 292 Å². The molecule has 0 aromatic heterocycles. The van der Waals surface area contributed by atoms with Crippen molar-refractivity contribution in [1.82, 2.24) is 9.80 Å². The van der Waals surface area contributed by atoms with Crippen LogP contribution in [0.1, 0.15) is 56.0 Å². The maximum Gasteiger partial charge on any atom is 0.323 e. The van der Waals surface area contributed by atoms with Crippen LogP contribution in [0.3, 0.4) is 0 Å². The molecule has 1 heterocycles. The number of carbonyl (C=O) groups is 2. The third-order valence-corrected chi connectivity index (χ3v) is 9.08. The van der Waals surface area contributed by atoms with Crippen molar-refractivity contribution in [2.24, 2.45) is 5.92 Å². The summed E-state index contributed by atoms with van der Waals surface area (Å²) in [6.45, 7) is 7.66. The maximum atomic E-state index is 14.3. The van der Waals surface area contributed by atoms with Crippen LogP contribution in [-0.2, 0) is 11.3 Å². The van der Waals surface area contributed by atoms with Gasteiger partial charge in [0.2, 0.25) is 0 Å². The van der Waals surface area contributed by atoms with E-state index >= 15 is 0 Å². The summed E-state index contributed by atoms with van der Waals surface area (Å²) in [5.74, 6) is -0.462. The van der Waals surface area contributed by atoms with Gasteiger partial charge in [-0.25, -0.2) is 9.18 Å². The first-order valence-electron chi connectivity index (χ1n) is 16.2. The molecule has 3 N–H and O–H groups in total.